The molecule has 0 radical (unpaired) electrons. The van der Waals surface area contributed by atoms with Gasteiger partial charge in [-0.25, -0.2) is 4.57 Å². The third kappa shape index (κ3) is 18.1. The molecule has 2 N–H and O–H groups in total. The molecule has 0 saturated heterocycles. The van der Waals surface area contributed by atoms with Gasteiger partial charge in [0, 0.05) is 0 Å². The predicted molar refractivity (Wildman–Crippen MR) is 110 cm³/mol. The number of phosphoric acid groups is 1. The first kappa shape index (κ1) is 27.5. The van der Waals surface area contributed by atoms with Gasteiger partial charge in [0.25, 0.3) is 0 Å². The zero-order valence-corrected chi connectivity index (χ0v) is 18.3. The fourth-order valence-electron chi connectivity index (χ4n) is 2.07. The Labute approximate surface area is 160 Å². The third-order valence-corrected chi connectivity index (χ3v) is 4.39. The van der Waals surface area contributed by atoms with Gasteiger partial charge in [-0.3, -0.25) is 4.52 Å². The van der Waals surface area contributed by atoms with Crippen molar-refractivity contribution >= 4 is 7.82 Å². The highest BCUT2D eigenvalue weighted by Crippen LogP contribution is 2.36. The van der Waals surface area contributed by atoms with Crippen LogP contribution in [0.4, 0.5) is 0 Å². The summed E-state index contributed by atoms with van der Waals surface area (Å²) in [6.45, 7) is 20.2. The molecule has 1 aromatic carbocycles. The maximum Gasteiger partial charge on any atom is 0.469 e. The van der Waals surface area contributed by atoms with E-state index in [1.54, 1.807) is 24.3 Å². The van der Waals surface area contributed by atoms with Crippen LogP contribution in [0.2, 0.25) is 0 Å². The van der Waals surface area contributed by atoms with Gasteiger partial charge in [0.15, 0.2) is 0 Å². The van der Waals surface area contributed by atoms with E-state index in [1.807, 2.05) is 6.07 Å². The molecule has 1 rings (SSSR count). The van der Waals surface area contributed by atoms with Crippen molar-refractivity contribution in [1.82, 2.24) is 9.80 Å². The molecular weight excluding hydrogens is 351 g/mol. The molecule has 0 atom stereocenters. The number of phosphoric ester groups is 1. The number of rotatable bonds is 9. The summed E-state index contributed by atoms with van der Waals surface area (Å²) in [4.78, 5) is 21.5. The standard InChI is InChI=1S/C7H9O4P.2C6H15N/c8-12(9,10)11-6-7-4-2-1-3-5-7;2*1-4-7(5-2)6-3/h1-5H,6H2,(H2,8,9,10);2*4-6H2,1-3H3. The molecule has 0 fully saturated rings. The summed E-state index contributed by atoms with van der Waals surface area (Å²) in [6, 6.07) is 8.84. The summed E-state index contributed by atoms with van der Waals surface area (Å²) in [7, 11) is -4.33. The van der Waals surface area contributed by atoms with Crippen LogP contribution in [0.1, 0.15) is 47.1 Å². The van der Waals surface area contributed by atoms with Crippen molar-refractivity contribution in [3.8, 4) is 0 Å². The van der Waals surface area contributed by atoms with Gasteiger partial charge in [-0.15, -0.1) is 0 Å². The summed E-state index contributed by atoms with van der Waals surface area (Å²) in [5, 5.41) is 0. The molecule has 6 nitrogen and oxygen atoms in total. The van der Waals surface area contributed by atoms with Gasteiger partial charge in [-0.1, -0.05) is 71.9 Å². The third-order valence-electron chi connectivity index (χ3n) is 3.93. The van der Waals surface area contributed by atoms with Crippen LogP contribution in [0.5, 0.6) is 0 Å². The minimum Gasteiger partial charge on any atom is -0.304 e. The molecule has 154 valence electrons. The molecular formula is C19H39N2O4P. The largest absolute Gasteiger partial charge is 0.469 e. The van der Waals surface area contributed by atoms with Crippen molar-refractivity contribution in [3.63, 3.8) is 0 Å². The minimum atomic E-state index is -4.33. The fraction of sp³-hybridized carbons (Fsp3) is 0.684. The zero-order chi connectivity index (χ0) is 20.4. The molecule has 0 unspecified atom stereocenters. The van der Waals surface area contributed by atoms with E-state index in [0.29, 0.717) is 0 Å². The van der Waals surface area contributed by atoms with E-state index in [0.717, 1.165) is 5.56 Å². The lowest BCUT2D eigenvalue weighted by Gasteiger charge is -2.13. The van der Waals surface area contributed by atoms with E-state index in [-0.39, 0.29) is 6.61 Å². The zero-order valence-electron chi connectivity index (χ0n) is 17.4. The quantitative estimate of drug-likeness (QED) is 0.621. The van der Waals surface area contributed by atoms with E-state index in [2.05, 4.69) is 55.9 Å². The monoisotopic (exact) mass is 390 g/mol. The highest BCUT2D eigenvalue weighted by atomic mass is 31.2. The summed E-state index contributed by atoms with van der Waals surface area (Å²) in [5.74, 6) is 0. The average molecular weight is 391 g/mol. The first-order chi connectivity index (χ1) is 12.3. The first-order valence-corrected chi connectivity index (χ1v) is 11.0. The van der Waals surface area contributed by atoms with Gasteiger partial charge in [0.1, 0.15) is 0 Å². The molecule has 0 heterocycles. The van der Waals surface area contributed by atoms with E-state index >= 15 is 0 Å². The molecule has 0 aliphatic carbocycles. The smallest absolute Gasteiger partial charge is 0.304 e. The van der Waals surface area contributed by atoms with Gasteiger partial charge in [0.2, 0.25) is 0 Å². The maximum atomic E-state index is 10.3. The van der Waals surface area contributed by atoms with Gasteiger partial charge >= 0.3 is 7.82 Å². The second-order valence-electron chi connectivity index (χ2n) is 5.49. The van der Waals surface area contributed by atoms with Gasteiger partial charge in [-0.2, -0.15) is 0 Å². The molecule has 0 aliphatic heterocycles. The molecule has 7 heteroatoms. The number of nitrogens with zero attached hydrogens (tertiary/aromatic N) is 2. The average Bonchev–Trinajstić information content (AvgIpc) is 2.64. The van der Waals surface area contributed by atoms with Gasteiger partial charge in [0.05, 0.1) is 6.61 Å². The maximum absolute atomic E-state index is 10.3. The Morgan fingerprint density at radius 3 is 1.35 bits per heavy atom. The Morgan fingerprint density at radius 2 is 1.12 bits per heavy atom. The second kappa shape index (κ2) is 17.7. The van der Waals surface area contributed by atoms with Gasteiger partial charge < -0.3 is 19.6 Å². The lowest BCUT2D eigenvalue weighted by molar-refractivity contribution is 0.189. The van der Waals surface area contributed by atoms with Crippen molar-refractivity contribution in [2.45, 2.75) is 48.1 Å². The van der Waals surface area contributed by atoms with Crippen LogP contribution in [-0.4, -0.2) is 58.9 Å². The minimum absolute atomic E-state index is 0.0644. The van der Waals surface area contributed by atoms with Crippen molar-refractivity contribution in [2.75, 3.05) is 39.3 Å². The summed E-state index contributed by atoms with van der Waals surface area (Å²) < 4.78 is 14.6. The fourth-order valence-corrected chi connectivity index (χ4v) is 2.39. The van der Waals surface area contributed by atoms with Gasteiger partial charge in [-0.05, 0) is 44.8 Å². The Kier molecular flexibility index (Phi) is 18.7. The number of hydrogen-bond acceptors (Lipinski definition) is 4. The molecule has 0 spiro atoms. The number of hydrogen-bond donors (Lipinski definition) is 2. The van der Waals surface area contributed by atoms with Crippen LogP contribution in [0.25, 0.3) is 0 Å². The molecule has 26 heavy (non-hydrogen) atoms. The predicted octanol–water partition coefficient (Wildman–Crippen LogP) is 3.99. The molecule has 0 amide bonds. The molecule has 0 bridgehead atoms. The van der Waals surface area contributed by atoms with Crippen LogP contribution in [0.15, 0.2) is 30.3 Å². The topological polar surface area (TPSA) is 73.2 Å². The Bertz CT molecular complexity index is 423. The SMILES string of the molecule is CCN(CC)CC.CCN(CC)CC.O=P(O)(O)OCc1ccccc1. The van der Waals surface area contributed by atoms with Crippen LogP contribution in [-0.2, 0) is 15.7 Å². The summed E-state index contributed by atoms with van der Waals surface area (Å²) in [6.07, 6.45) is 0. The Balaban J connectivity index is 0. The van der Waals surface area contributed by atoms with Crippen LogP contribution < -0.4 is 0 Å². The molecule has 0 saturated carbocycles. The molecule has 0 aliphatic rings. The normalized spacial score (nSPS) is 10.8. The number of benzene rings is 1. The van der Waals surface area contributed by atoms with Crippen molar-refractivity contribution < 1.29 is 18.9 Å². The van der Waals surface area contributed by atoms with Crippen LogP contribution in [0, 0.1) is 0 Å². The Morgan fingerprint density at radius 1 is 0.769 bits per heavy atom. The van der Waals surface area contributed by atoms with E-state index < -0.39 is 7.82 Å². The van der Waals surface area contributed by atoms with Crippen molar-refractivity contribution in [2.24, 2.45) is 0 Å². The summed E-state index contributed by atoms with van der Waals surface area (Å²) >= 11 is 0. The lowest BCUT2D eigenvalue weighted by Crippen LogP contribution is -2.21. The van der Waals surface area contributed by atoms with Crippen molar-refractivity contribution in [1.29, 1.82) is 0 Å². The van der Waals surface area contributed by atoms with Crippen LogP contribution >= 0.6 is 7.82 Å². The molecule has 1 aromatic rings. The van der Waals surface area contributed by atoms with Crippen molar-refractivity contribution in [3.05, 3.63) is 35.9 Å². The molecule has 0 aromatic heterocycles. The highest BCUT2D eigenvalue weighted by molar-refractivity contribution is 7.46. The Hall–Kier alpha value is -0.750. The second-order valence-corrected chi connectivity index (χ2v) is 6.73. The first-order valence-electron chi connectivity index (χ1n) is 9.46. The van der Waals surface area contributed by atoms with E-state index in [9.17, 15) is 4.57 Å². The van der Waals surface area contributed by atoms with E-state index in [4.69, 9.17) is 9.79 Å². The highest BCUT2D eigenvalue weighted by Gasteiger charge is 2.12. The summed E-state index contributed by atoms with van der Waals surface area (Å²) in [5.41, 5.74) is 0.737. The van der Waals surface area contributed by atoms with E-state index in [1.165, 1.54) is 39.3 Å². The van der Waals surface area contributed by atoms with Crippen LogP contribution in [0.3, 0.4) is 0 Å². The lowest BCUT2D eigenvalue weighted by atomic mass is 10.2.